The van der Waals surface area contributed by atoms with Crippen LogP contribution in [0.5, 0.6) is 0 Å². The molecule has 3 aliphatic rings. The van der Waals surface area contributed by atoms with Gasteiger partial charge in [0.2, 0.25) is 10.0 Å². The van der Waals surface area contributed by atoms with Crippen molar-refractivity contribution >= 4 is 10.0 Å². The molecule has 5 rings (SSSR count). The zero-order valence-electron chi connectivity index (χ0n) is 19.3. The van der Waals surface area contributed by atoms with Crippen LogP contribution >= 0.6 is 0 Å². The molecule has 3 fully saturated rings. The molecule has 3 atom stereocenters. The first-order valence-corrected chi connectivity index (χ1v) is 13.4. The van der Waals surface area contributed by atoms with Gasteiger partial charge in [0, 0.05) is 31.7 Å². The van der Waals surface area contributed by atoms with E-state index in [-0.39, 0.29) is 28.8 Å². The van der Waals surface area contributed by atoms with E-state index in [0.29, 0.717) is 50.5 Å². The van der Waals surface area contributed by atoms with Gasteiger partial charge < -0.3 is 0 Å². The summed E-state index contributed by atoms with van der Waals surface area (Å²) in [4.78, 5) is 1.70. The summed E-state index contributed by atoms with van der Waals surface area (Å²) < 4.78 is 108. The maximum atomic E-state index is 13.6. The van der Waals surface area contributed by atoms with E-state index in [1.165, 1.54) is 16.4 Å². The van der Waals surface area contributed by atoms with Crippen molar-refractivity contribution in [3.63, 3.8) is 0 Å². The molecule has 1 saturated heterocycles. The summed E-state index contributed by atoms with van der Waals surface area (Å²) in [7, 11) is -4.15. The highest BCUT2D eigenvalue weighted by atomic mass is 32.2. The van der Waals surface area contributed by atoms with Gasteiger partial charge >= 0.3 is 12.4 Å². The van der Waals surface area contributed by atoms with Gasteiger partial charge in [-0.05, 0) is 67.3 Å². The van der Waals surface area contributed by atoms with E-state index in [1.54, 1.807) is 6.07 Å². The van der Waals surface area contributed by atoms with Gasteiger partial charge in [-0.25, -0.2) is 8.42 Å². The minimum Gasteiger partial charge on any atom is -0.298 e. The van der Waals surface area contributed by atoms with Gasteiger partial charge in [0.25, 0.3) is 0 Å². The number of likely N-dealkylation sites (tertiary alicyclic amines) is 1. The molecule has 0 spiro atoms. The predicted molar refractivity (Wildman–Crippen MR) is 120 cm³/mol. The molecule has 2 aromatic rings. The number of fused-ring (bicyclic) bond motifs is 1. The second-order valence-electron chi connectivity index (χ2n) is 10.1. The van der Waals surface area contributed by atoms with Crippen LogP contribution < -0.4 is 0 Å². The zero-order valence-corrected chi connectivity index (χ0v) is 20.1. The summed E-state index contributed by atoms with van der Waals surface area (Å²) in [5, 5.41) is 0. The first-order chi connectivity index (χ1) is 16.8. The maximum absolute atomic E-state index is 13.6. The molecule has 2 saturated carbocycles. The van der Waals surface area contributed by atoms with Gasteiger partial charge in [-0.3, -0.25) is 4.90 Å². The normalized spacial score (nSPS) is 25.5. The first kappa shape index (κ1) is 25.5. The first-order valence-electron chi connectivity index (χ1n) is 11.9. The number of benzene rings is 2. The molecular weight excluding hydrogens is 506 g/mol. The summed E-state index contributed by atoms with van der Waals surface area (Å²) in [5.74, 6) is 0.177. The topological polar surface area (TPSA) is 40.6 Å². The van der Waals surface area contributed by atoms with Gasteiger partial charge in [0.05, 0.1) is 16.0 Å². The second-order valence-corrected chi connectivity index (χ2v) is 11.9. The number of rotatable bonds is 6. The van der Waals surface area contributed by atoms with Crippen molar-refractivity contribution in [2.75, 3.05) is 13.1 Å². The van der Waals surface area contributed by atoms with Crippen molar-refractivity contribution in [1.29, 1.82) is 0 Å². The molecule has 0 radical (unpaired) electrons. The van der Waals surface area contributed by atoms with Gasteiger partial charge in [0.15, 0.2) is 0 Å². The van der Waals surface area contributed by atoms with Crippen molar-refractivity contribution in [1.82, 2.24) is 9.21 Å². The van der Waals surface area contributed by atoms with Crippen LogP contribution in [0.1, 0.15) is 42.4 Å². The molecule has 0 aromatic heterocycles. The van der Waals surface area contributed by atoms with E-state index in [0.717, 1.165) is 30.7 Å². The van der Waals surface area contributed by atoms with Gasteiger partial charge in [-0.15, -0.1) is 0 Å². The highest BCUT2D eigenvalue weighted by Crippen LogP contribution is 2.46. The lowest BCUT2D eigenvalue weighted by molar-refractivity contribution is -0.138. The molecule has 11 heteroatoms. The minimum atomic E-state index is -4.65. The van der Waals surface area contributed by atoms with Crippen LogP contribution in [-0.2, 0) is 28.9 Å². The largest absolute Gasteiger partial charge is 0.416 e. The van der Waals surface area contributed by atoms with E-state index in [4.69, 9.17) is 0 Å². The van der Waals surface area contributed by atoms with Crippen molar-refractivity contribution in [2.24, 2.45) is 11.8 Å². The van der Waals surface area contributed by atoms with Crippen molar-refractivity contribution in [2.45, 2.75) is 61.6 Å². The Morgan fingerprint density at radius 2 is 1.47 bits per heavy atom. The van der Waals surface area contributed by atoms with Crippen LogP contribution in [0, 0.1) is 11.8 Å². The maximum Gasteiger partial charge on any atom is 0.416 e. The van der Waals surface area contributed by atoms with Gasteiger partial charge in [-0.2, -0.15) is 30.6 Å². The van der Waals surface area contributed by atoms with E-state index < -0.39 is 33.5 Å². The Hall–Kier alpha value is -2.11. The third kappa shape index (κ3) is 5.02. The van der Waals surface area contributed by atoms with Gasteiger partial charge in [0.1, 0.15) is 0 Å². The molecule has 1 heterocycles. The van der Waals surface area contributed by atoms with E-state index in [9.17, 15) is 34.8 Å². The number of sulfonamides is 1. The summed E-state index contributed by atoms with van der Waals surface area (Å²) in [6, 6.07) is 8.51. The standard InChI is InChI=1S/C25H26F6N2O2S/c26-24(27,28)18-4-1-3-16(11-18)13-32-14-17-7-10-23(22(17)15-32)33(20-8-9-20)36(34,35)21-6-2-5-19(12-21)25(29,30)31/h1-6,11-12,17,20,22-23H,7-10,13-15H2. The van der Waals surface area contributed by atoms with Crippen molar-refractivity contribution in [3.05, 3.63) is 65.2 Å². The smallest absolute Gasteiger partial charge is 0.298 e. The molecule has 2 aromatic carbocycles. The number of alkyl halides is 6. The van der Waals surface area contributed by atoms with E-state index in [2.05, 4.69) is 4.90 Å². The SMILES string of the molecule is O=S(=O)(c1cccc(C(F)(F)F)c1)N(C1CC1)C1CCC2CN(Cc3cccc(C(F)(F)F)c3)CC21. The van der Waals surface area contributed by atoms with Crippen LogP contribution in [0.3, 0.4) is 0 Å². The molecule has 0 amide bonds. The van der Waals surface area contributed by atoms with Crippen LogP contribution in [0.25, 0.3) is 0 Å². The lowest BCUT2D eigenvalue weighted by Crippen LogP contribution is -2.45. The Bertz CT molecular complexity index is 1230. The number of halogens is 6. The third-order valence-electron chi connectivity index (χ3n) is 7.53. The summed E-state index contributed by atoms with van der Waals surface area (Å²) >= 11 is 0. The molecule has 0 bridgehead atoms. The fourth-order valence-corrected chi connectivity index (χ4v) is 7.80. The average molecular weight is 533 g/mol. The highest BCUT2D eigenvalue weighted by Gasteiger charge is 2.52. The average Bonchev–Trinajstić information content (AvgIpc) is 3.44. The zero-order chi connectivity index (χ0) is 25.9. The molecule has 1 aliphatic heterocycles. The van der Waals surface area contributed by atoms with Crippen molar-refractivity contribution < 1.29 is 34.8 Å². The Kier molecular flexibility index (Phi) is 6.40. The molecule has 0 N–H and O–H groups in total. The van der Waals surface area contributed by atoms with Crippen LogP contribution in [0.4, 0.5) is 26.3 Å². The van der Waals surface area contributed by atoms with Gasteiger partial charge in [-0.1, -0.05) is 24.3 Å². The predicted octanol–water partition coefficient (Wildman–Crippen LogP) is 5.79. The van der Waals surface area contributed by atoms with E-state index >= 15 is 0 Å². The lowest BCUT2D eigenvalue weighted by Gasteiger charge is -2.32. The molecule has 2 aliphatic carbocycles. The Morgan fingerprint density at radius 1 is 0.833 bits per heavy atom. The van der Waals surface area contributed by atoms with E-state index in [1.807, 2.05) is 0 Å². The van der Waals surface area contributed by atoms with Crippen LogP contribution in [0.2, 0.25) is 0 Å². The van der Waals surface area contributed by atoms with Crippen LogP contribution in [0.15, 0.2) is 53.4 Å². The third-order valence-corrected chi connectivity index (χ3v) is 9.50. The Morgan fingerprint density at radius 3 is 2.11 bits per heavy atom. The second kappa shape index (κ2) is 9.02. The lowest BCUT2D eigenvalue weighted by atomic mass is 9.98. The highest BCUT2D eigenvalue weighted by molar-refractivity contribution is 7.89. The number of nitrogens with zero attached hydrogens (tertiary/aromatic N) is 2. The molecule has 3 unspecified atom stereocenters. The number of hydrogen-bond donors (Lipinski definition) is 0. The number of hydrogen-bond acceptors (Lipinski definition) is 3. The molecule has 4 nitrogen and oxygen atoms in total. The molecule has 196 valence electrons. The minimum absolute atomic E-state index is 0.0167. The molecular formula is C25H26F6N2O2S. The van der Waals surface area contributed by atoms with Crippen molar-refractivity contribution in [3.8, 4) is 0 Å². The summed E-state index contributed by atoms with van der Waals surface area (Å²) in [6.07, 6.45) is -6.34. The monoisotopic (exact) mass is 532 g/mol. The quantitative estimate of drug-likeness (QED) is 0.443. The summed E-state index contributed by atoms with van der Waals surface area (Å²) in [5.41, 5.74) is -1.17. The fraction of sp³-hybridized carbons (Fsp3) is 0.520. The Labute approximate surface area is 205 Å². The summed E-state index contributed by atoms with van der Waals surface area (Å²) in [6.45, 7) is 1.51. The Balaban J connectivity index is 1.36. The fourth-order valence-electron chi connectivity index (χ4n) is 5.81. The molecule has 36 heavy (non-hydrogen) atoms. The van der Waals surface area contributed by atoms with Crippen LogP contribution in [-0.4, -0.2) is 42.8 Å².